The highest BCUT2D eigenvalue weighted by Crippen LogP contribution is 2.49. The molecule has 2 aromatic rings. The van der Waals surface area contributed by atoms with Crippen LogP contribution in [0, 0.1) is 22.7 Å². The summed E-state index contributed by atoms with van der Waals surface area (Å²) in [5.74, 6) is -10.9. The molecule has 53 heteroatoms. The molecule has 0 aromatic heterocycles. The zero-order valence-electron chi connectivity index (χ0n) is 76.7. The number of benzene rings is 2. The van der Waals surface area contributed by atoms with E-state index in [9.17, 15) is 138 Å². The lowest BCUT2D eigenvalue weighted by atomic mass is 9.69. The van der Waals surface area contributed by atoms with Gasteiger partial charge in [-0.15, -0.1) is 0 Å². The Bertz CT molecular complexity index is 4320. The molecule has 5 unspecified atom stereocenters. The van der Waals surface area contributed by atoms with Crippen molar-refractivity contribution in [1.82, 2.24) is 52.8 Å². The van der Waals surface area contributed by atoms with Gasteiger partial charge in [0.2, 0.25) is 41.4 Å². The molecule has 5 heterocycles. The monoisotopic (exact) mass is 1980 g/mol. The number of phosphoric ester groups is 1. The number of aliphatic hydroxyl groups is 13. The van der Waals surface area contributed by atoms with Gasteiger partial charge in [0.05, 0.1) is 144 Å². The Kier molecular flexibility index (Phi) is 47.8. The van der Waals surface area contributed by atoms with Gasteiger partial charge in [-0.2, -0.15) is 0 Å². The Balaban J connectivity index is 1.01. The van der Waals surface area contributed by atoms with Gasteiger partial charge in [0, 0.05) is 129 Å². The van der Waals surface area contributed by atoms with Crippen LogP contribution in [0.3, 0.4) is 0 Å². The molecular weight excluding hydrogens is 1850 g/mol. The second kappa shape index (κ2) is 56.7. The number of amides is 11. The van der Waals surface area contributed by atoms with Gasteiger partial charge < -0.3 is 191 Å². The second-order valence-corrected chi connectivity index (χ2v) is 35.1. The van der Waals surface area contributed by atoms with Crippen LogP contribution in [0.25, 0.3) is 0 Å². The van der Waals surface area contributed by atoms with E-state index >= 15 is 0 Å². The minimum atomic E-state index is -5.02. The van der Waals surface area contributed by atoms with Crippen LogP contribution in [-0.4, -0.2) is 440 Å². The van der Waals surface area contributed by atoms with Crippen LogP contribution in [0.5, 0.6) is 0 Å². The number of rotatable bonds is 57. The second-order valence-electron chi connectivity index (χ2n) is 33.9. The van der Waals surface area contributed by atoms with Crippen molar-refractivity contribution in [3.05, 3.63) is 64.2 Å². The highest BCUT2D eigenvalue weighted by molar-refractivity contribution is 7.46. The summed E-state index contributed by atoms with van der Waals surface area (Å²) in [4.78, 5) is 183. The van der Waals surface area contributed by atoms with Crippen LogP contribution >= 0.6 is 7.82 Å². The van der Waals surface area contributed by atoms with Gasteiger partial charge in [-0.1, -0.05) is 27.7 Å². The van der Waals surface area contributed by atoms with Crippen molar-refractivity contribution >= 4 is 84.3 Å². The first kappa shape index (κ1) is 115. The Labute approximate surface area is 787 Å². The van der Waals surface area contributed by atoms with Crippen molar-refractivity contribution in [3.63, 3.8) is 0 Å². The Morgan fingerprint density at radius 1 is 0.445 bits per heavy atom. The third-order valence-electron chi connectivity index (χ3n) is 23.3. The van der Waals surface area contributed by atoms with E-state index in [1.807, 2.05) is 0 Å². The van der Waals surface area contributed by atoms with E-state index in [0.717, 1.165) is 6.92 Å². The first-order valence-corrected chi connectivity index (χ1v) is 46.0. The number of Topliss-reactive ketones (excluding diaryl/α,β-unsaturated/α-hetero) is 1. The fourth-order valence-electron chi connectivity index (χ4n) is 15.1. The molecule has 0 saturated carbocycles. The van der Waals surface area contributed by atoms with Crippen LogP contribution in [-0.2, 0) is 111 Å². The van der Waals surface area contributed by atoms with E-state index in [1.54, 1.807) is 27.7 Å². The number of carbonyl (C=O) groups is 12. The normalized spacial score (nSPS) is 27.9. The molecule has 5 aliphatic rings. The molecule has 52 nitrogen and oxygen atoms in total. The van der Waals surface area contributed by atoms with Crippen LogP contribution in [0.4, 0.5) is 5.69 Å². The Morgan fingerprint density at radius 2 is 0.825 bits per heavy atom. The summed E-state index contributed by atoms with van der Waals surface area (Å²) in [6.07, 6.45) is -23.7. The third-order valence-corrected chi connectivity index (χ3v) is 23.7. The molecule has 25 N–H and O–H groups in total. The van der Waals surface area contributed by atoms with E-state index in [-0.39, 0.29) is 152 Å². The molecule has 7 rings (SSSR count). The summed E-state index contributed by atoms with van der Waals surface area (Å²) in [5.41, 5.74) is -3.12. The van der Waals surface area contributed by atoms with Gasteiger partial charge in [0.1, 0.15) is 79.2 Å². The van der Waals surface area contributed by atoms with Gasteiger partial charge in [0.15, 0.2) is 30.9 Å². The highest BCUT2D eigenvalue weighted by Gasteiger charge is 2.55. The van der Waals surface area contributed by atoms with Gasteiger partial charge in [0.25, 0.3) is 23.6 Å². The number of ketones is 1. The van der Waals surface area contributed by atoms with Gasteiger partial charge in [-0.05, 0) is 48.4 Å². The molecule has 0 radical (unpaired) electrons. The molecule has 5 fully saturated rings. The standard InChI is InChI=1S/C84H132N11O41P/c1-44-66(108)68(110)56(36-96)133-79(44)128-23-19-124-15-11-85-74(116)49-27-48(28-50(30-49)75(117)86-12-16-126-21-25-130-81-64(91-46(3)101)72(114)70(112)58(38-98)135-81)29-54(103)34-89-60(104)8-7-55(94-61(105)9-10-63(107)95-40-83(5,42-100)84(6,41-95)43-132-137(121,122)123)78(120)90-35-62(106)93-53-32-51(76(118)87-13-17-125-20-24-129-80-45(2)67(109)69(111)57(37-97)134-80)31-52(33-53)77(119)88-14-18-127-22-26-131-82-65(92-47(4)102)73(115)71(113)59(39-99)136-82/h27-28,30-33,44-45,55-59,64-73,79-82,96-100,108-115H,7-26,29,34-43H2,1-6H3,(H,85,116)(H,86,117)(H,87,118)(H,88,119)(H,89,104)(H,90,120)(H,91,101)(H,92,102)(H,93,106)(H,94,105)(H2,121,122,123)/t44-,45-,55?,56-,57-,58-,59-,64-,65-,66-,67-,68+,69+,70+,71+,72-,73-,79?,80?,81?,82?,83+,84-/m1/s1. The summed E-state index contributed by atoms with van der Waals surface area (Å²) in [7, 11) is -5.02. The van der Waals surface area contributed by atoms with Crippen molar-refractivity contribution in [1.29, 1.82) is 0 Å². The number of hydrogen-bond acceptors (Lipinski definition) is 39. The summed E-state index contributed by atoms with van der Waals surface area (Å²) < 4.78 is 83.8. The molecule has 5 saturated heterocycles. The molecular formula is C84H132N11O41P. The number of likely N-dealkylation sites (tertiary alicyclic amines) is 1. The fraction of sp³-hybridized carbons (Fsp3) is 0.714. The lowest BCUT2D eigenvalue weighted by Gasteiger charge is -2.42. The quantitative estimate of drug-likeness (QED) is 0.0216. The number of ether oxygens (including phenoxy) is 12. The Morgan fingerprint density at radius 3 is 1.21 bits per heavy atom. The number of hydrogen-bond donors (Lipinski definition) is 25. The minimum Gasteiger partial charge on any atom is -0.396 e. The van der Waals surface area contributed by atoms with Crippen molar-refractivity contribution in [3.8, 4) is 0 Å². The molecule has 137 heavy (non-hydrogen) atoms. The lowest BCUT2D eigenvalue weighted by Crippen LogP contribution is -2.64. The molecule has 0 aliphatic carbocycles. The van der Waals surface area contributed by atoms with E-state index in [0.29, 0.717) is 0 Å². The van der Waals surface area contributed by atoms with Gasteiger partial charge in [-0.25, -0.2) is 4.57 Å². The molecule has 774 valence electrons. The van der Waals surface area contributed by atoms with Crippen molar-refractivity contribution in [2.45, 2.75) is 190 Å². The maximum absolute atomic E-state index is 14.3. The molecule has 0 spiro atoms. The maximum Gasteiger partial charge on any atom is 0.469 e. The molecule has 5 aliphatic heterocycles. The van der Waals surface area contributed by atoms with Gasteiger partial charge in [-0.3, -0.25) is 62.1 Å². The predicted molar refractivity (Wildman–Crippen MR) is 466 cm³/mol. The van der Waals surface area contributed by atoms with E-state index in [2.05, 4.69) is 53.2 Å². The fourth-order valence-corrected chi connectivity index (χ4v) is 15.6. The minimum absolute atomic E-state index is 0.0374. The predicted octanol–water partition coefficient (Wildman–Crippen LogP) is -10.2. The van der Waals surface area contributed by atoms with Crippen LogP contribution in [0.1, 0.15) is 114 Å². The van der Waals surface area contributed by atoms with E-state index in [1.165, 1.54) is 48.2 Å². The number of nitrogens with one attached hydrogen (secondary N) is 10. The number of nitrogens with zero attached hydrogens (tertiary/aromatic N) is 1. The molecule has 0 bridgehead atoms. The smallest absolute Gasteiger partial charge is 0.396 e. The number of phosphoric acid groups is 1. The first-order chi connectivity index (χ1) is 65.0. The van der Waals surface area contributed by atoms with Crippen LogP contribution in [0.15, 0.2) is 36.4 Å². The maximum atomic E-state index is 14.3. The zero-order chi connectivity index (χ0) is 101. The largest absolute Gasteiger partial charge is 0.469 e. The summed E-state index contributed by atoms with van der Waals surface area (Å²) in [6.45, 7) is 0.963. The van der Waals surface area contributed by atoms with E-state index in [4.69, 9.17) is 61.4 Å². The third kappa shape index (κ3) is 35.8. The van der Waals surface area contributed by atoms with Crippen LogP contribution < -0.4 is 53.2 Å². The SMILES string of the molecule is CC(=O)N[C@H]1C(OCCOCCNC(=O)c2cc(CC(=O)CNC(=O)CCC(NC(=O)CCC(=O)N3C[C@](C)(COP(=O)(O)O)[C@](C)(CO)C3)C(=O)NCC(=O)Nc3cc(C(=O)NCCOCCOC4O[C@H](CO)[C@H](O)[C@H](O)[C@H]4C)cc(C(=O)NCCOCCOC4O[C@H](CO)[C@H](O)[C@H](O)[C@H]4NC(C)=O)c3)cc(C(=O)NCCOCCOC3O[C@H](CO)[C@H](O)[C@H](O)[C@H]3C)c2)O[C@H](CO)[C@H](O)[C@@H]1O. The van der Waals surface area contributed by atoms with Crippen molar-refractivity contribution in [2.24, 2.45) is 22.7 Å². The molecule has 2 aromatic carbocycles. The first-order valence-electron chi connectivity index (χ1n) is 44.5. The summed E-state index contributed by atoms with van der Waals surface area (Å²) in [6, 6.07) is 3.19. The lowest BCUT2D eigenvalue weighted by molar-refractivity contribution is -0.284. The molecule has 11 amide bonds. The number of aliphatic hydroxyl groups excluding tert-OH is 13. The number of anilines is 1. The number of carbonyl (C=O) groups excluding carboxylic acids is 12. The summed E-state index contributed by atoms with van der Waals surface area (Å²) >= 11 is 0. The molecule has 23 atom stereocenters. The average molecular weight is 1980 g/mol. The van der Waals surface area contributed by atoms with Crippen molar-refractivity contribution < 1.29 is 200 Å². The van der Waals surface area contributed by atoms with E-state index < -0.39 is 303 Å². The Hall–Kier alpha value is -8.61. The zero-order valence-corrected chi connectivity index (χ0v) is 77.6. The average Bonchev–Trinajstić information content (AvgIpc) is 1.60. The summed E-state index contributed by atoms with van der Waals surface area (Å²) in [5, 5.41) is 157. The highest BCUT2D eigenvalue weighted by atomic mass is 31.2. The topological polar surface area (TPSA) is 769 Å². The van der Waals surface area contributed by atoms with Crippen molar-refractivity contribution in [2.75, 3.05) is 177 Å². The van der Waals surface area contributed by atoms with Gasteiger partial charge >= 0.3 is 7.82 Å². The van der Waals surface area contributed by atoms with Crippen LogP contribution in [0.2, 0.25) is 0 Å².